The van der Waals surface area contributed by atoms with Crippen LogP contribution in [-0.4, -0.2) is 59.0 Å². The van der Waals surface area contributed by atoms with Gasteiger partial charge in [0.05, 0.1) is 0 Å². The van der Waals surface area contributed by atoms with Gasteiger partial charge in [0.2, 0.25) is 0 Å². The molecular formula is C22H25BrN4O2. The zero-order valence-electron chi connectivity index (χ0n) is 16.3. The van der Waals surface area contributed by atoms with Crippen LogP contribution in [0.4, 0.5) is 15.3 Å². The molecule has 2 aromatic rings. The van der Waals surface area contributed by atoms with Crippen molar-refractivity contribution in [2.75, 3.05) is 31.5 Å². The Balaban J connectivity index is 1.27. The lowest BCUT2D eigenvalue weighted by Gasteiger charge is -2.36. The van der Waals surface area contributed by atoms with Crippen molar-refractivity contribution in [1.29, 1.82) is 0 Å². The fourth-order valence-electron chi connectivity index (χ4n) is 4.01. The monoisotopic (exact) mass is 456 g/mol. The molecule has 0 radical (unpaired) electrons. The summed E-state index contributed by atoms with van der Waals surface area (Å²) < 4.78 is 0.980. The molecular weight excluding hydrogens is 432 g/mol. The van der Waals surface area contributed by atoms with Crippen molar-refractivity contribution < 1.29 is 9.59 Å². The van der Waals surface area contributed by atoms with Crippen LogP contribution in [0.25, 0.3) is 0 Å². The van der Waals surface area contributed by atoms with E-state index in [2.05, 4.69) is 33.4 Å². The number of benzene rings is 2. The highest BCUT2D eigenvalue weighted by molar-refractivity contribution is 9.10. The van der Waals surface area contributed by atoms with Crippen LogP contribution in [0.5, 0.6) is 0 Å². The molecule has 2 aromatic carbocycles. The summed E-state index contributed by atoms with van der Waals surface area (Å²) in [6.45, 7) is 3.51. The first-order valence-corrected chi connectivity index (χ1v) is 10.8. The van der Waals surface area contributed by atoms with Gasteiger partial charge >= 0.3 is 12.1 Å². The van der Waals surface area contributed by atoms with E-state index >= 15 is 0 Å². The van der Waals surface area contributed by atoms with Gasteiger partial charge in [0.25, 0.3) is 0 Å². The van der Waals surface area contributed by atoms with Gasteiger partial charge in [-0.3, -0.25) is 0 Å². The maximum atomic E-state index is 12.8. The molecule has 0 aliphatic carbocycles. The summed E-state index contributed by atoms with van der Waals surface area (Å²) in [6, 6.07) is 17.9. The Morgan fingerprint density at radius 1 is 0.966 bits per heavy atom. The second kappa shape index (κ2) is 8.86. The molecule has 152 valence electrons. The molecule has 29 heavy (non-hydrogen) atoms. The number of amides is 4. The standard InChI is InChI=1S/C22H25BrN4O2/c23-18-6-8-19(9-7-18)24-21(28)25-12-10-20(11-13-25)27-15-14-26(22(27)29)16-17-4-2-1-3-5-17/h1-9,20H,10-16H2,(H,24,28). The minimum Gasteiger partial charge on any atom is -0.324 e. The third kappa shape index (κ3) is 4.72. The van der Waals surface area contributed by atoms with Gasteiger partial charge in [0.15, 0.2) is 0 Å². The summed E-state index contributed by atoms with van der Waals surface area (Å²) in [5.74, 6) is 0. The molecule has 6 nitrogen and oxygen atoms in total. The predicted octanol–water partition coefficient (Wildman–Crippen LogP) is 4.38. The summed E-state index contributed by atoms with van der Waals surface area (Å²) in [5, 5.41) is 2.94. The predicted molar refractivity (Wildman–Crippen MR) is 117 cm³/mol. The summed E-state index contributed by atoms with van der Waals surface area (Å²) in [6.07, 6.45) is 1.64. The van der Waals surface area contributed by atoms with Gasteiger partial charge in [0.1, 0.15) is 0 Å². The number of anilines is 1. The van der Waals surface area contributed by atoms with Crippen molar-refractivity contribution in [1.82, 2.24) is 14.7 Å². The zero-order valence-corrected chi connectivity index (χ0v) is 17.8. The Bertz CT molecular complexity index is 851. The van der Waals surface area contributed by atoms with Gasteiger partial charge in [0, 0.05) is 48.9 Å². The Morgan fingerprint density at radius 2 is 1.66 bits per heavy atom. The lowest BCUT2D eigenvalue weighted by atomic mass is 10.0. The van der Waals surface area contributed by atoms with E-state index in [1.54, 1.807) is 0 Å². The number of hydrogen-bond acceptors (Lipinski definition) is 2. The molecule has 1 N–H and O–H groups in total. The average Bonchev–Trinajstić information content (AvgIpc) is 3.11. The highest BCUT2D eigenvalue weighted by Crippen LogP contribution is 2.23. The Morgan fingerprint density at radius 3 is 2.34 bits per heavy atom. The molecule has 0 atom stereocenters. The molecule has 0 unspecified atom stereocenters. The maximum Gasteiger partial charge on any atom is 0.321 e. The van der Waals surface area contributed by atoms with E-state index in [9.17, 15) is 9.59 Å². The topological polar surface area (TPSA) is 55.9 Å². The molecule has 0 aromatic heterocycles. The van der Waals surface area contributed by atoms with Crippen LogP contribution in [0.2, 0.25) is 0 Å². The number of likely N-dealkylation sites (tertiary alicyclic amines) is 1. The third-order valence-electron chi connectivity index (χ3n) is 5.63. The largest absolute Gasteiger partial charge is 0.324 e. The Kier molecular flexibility index (Phi) is 6.04. The summed E-state index contributed by atoms with van der Waals surface area (Å²) in [5.41, 5.74) is 1.94. The van der Waals surface area contributed by atoms with Gasteiger partial charge < -0.3 is 20.0 Å². The van der Waals surface area contributed by atoms with Crippen LogP contribution in [0.1, 0.15) is 18.4 Å². The summed E-state index contributed by atoms with van der Waals surface area (Å²) in [4.78, 5) is 31.1. The highest BCUT2D eigenvalue weighted by atomic mass is 79.9. The zero-order chi connectivity index (χ0) is 20.2. The van der Waals surface area contributed by atoms with Crippen molar-refractivity contribution in [3.05, 3.63) is 64.6 Å². The van der Waals surface area contributed by atoms with Crippen LogP contribution >= 0.6 is 15.9 Å². The fourth-order valence-corrected chi connectivity index (χ4v) is 4.27. The molecule has 0 spiro atoms. The number of halogens is 1. The van der Waals surface area contributed by atoms with E-state index < -0.39 is 0 Å². The average molecular weight is 457 g/mol. The van der Waals surface area contributed by atoms with E-state index in [0.29, 0.717) is 19.6 Å². The molecule has 4 rings (SSSR count). The van der Waals surface area contributed by atoms with E-state index in [0.717, 1.165) is 41.7 Å². The molecule has 2 fully saturated rings. The molecule has 2 aliphatic heterocycles. The number of carbonyl (C=O) groups excluding carboxylic acids is 2. The van der Waals surface area contributed by atoms with Gasteiger partial charge in [-0.2, -0.15) is 0 Å². The molecule has 4 amide bonds. The van der Waals surface area contributed by atoms with Gasteiger partial charge in [-0.15, -0.1) is 0 Å². The lowest BCUT2D eigenvalue weighted by molar-refractivity contribution is 0.139. The third-order valence-corrected chi connectivity index (χ3v) is 6.16. The number of rotatable bonds is 4. The molecule has 0 bridgehead atoms. The normalized spacial score (nSPS) is 17.7. The second-order valence-corrected chi connectivity index (χ2v) is 8.45. The van der Waals surface area contributed by atoms with Gasteiger partial charge in [-0.25, -0.2) is 9.59 Å². The first-order chi connectivity index (χ1) is 14.1. The quantitative estimate of drug-likeness (QED) is 0.741. The minimum atomic E-state index is -0.0794. The van der Waals surface area contributed by atoms with E-state index in [-0.39, 0.29) is 18.1 Å². The number of urea groups is 2. The highest BCUT2D eigenvalue weighted by Gasteiger charge is 2.35. The van der Waals surface area contributed by atoms with Gasteiger partial charge in [-0.1, -0.05) is 46.3 Å². The summed E-state index contributed by atoms with van der Waals surface area (Å²) >= 11 is 3.40. The van der Waals surface area contributed by atoms with Crippen LogP contribution in [0.15, 0.2) is 59.1 Å². The Labute approximate surface area is 179 Å². The number of piperidine rings is 1. The smallest absolute Gasteiger partial charge is 0.321 e. The fraction of sp³-hybridized carbons (Fsp3) is 0.364. The number of nitrogens with zero attached hydrogens (tertiary/aromatic N) is 3. The van der Waals surface area contributed by atoms with Crippen LogP contribution < -0.4 is 5.32 Å². The van der Waals surface area contributed by atoms with Crippen molar-refractivity contribution in [2.24, 2.45) is 0 Å². The molecule has 2 heterocycles. The van der Waals surface area contributed by atoms with E-state index in [1.807, 2.05) is 57.2 Å². The minimum absolute atomic E-state index is 0.0794. The first kappa shape index (κ1) is 19.8. The number of nitrogens with one attached hydrogen (secondary N) is 1. The molecule has 2 aliphatic rings. The SMILES string of the molecule is O=C(Nc1ccc(Br)cc1)N1CCC(N2CCN(Cc3ccccc3)C2=O)CC1. The van der Waals surface area contributed by atoms with Crippen LogP contribution in [-0.2, 0) is 6.54 Å². The van der Waals surface area contributed by atoms with Crippen molar-refractivity contribution >= 4 is 33.7 Å². The maximum absolute atomic E-state index is 12.8. The van der Waals surface area contributed by atoms with Crippen molar-refractivity contribution in [2.45, 2.75) is 25.4 Å². The second-order valence-electron chi connectivity index (χ2n) is 7.54. The first-order valence-electron chi connectivity index (χ1n) is 10.0. The van der Waals surface area contributed by atoms with E-state index in [1.165, 1.54) is 0 Å². The van der Waals surface area contributed by atoms with Crippen LogP contribution in [0.3, 0.4) is 0 Å². The lowest BCUT2D eigenvalue weighted by Crippen LogP contribution is -2.49. The van der Waals surface area contributed by atoms with Crippen LogP contribution in [0, 0.1) is 0 Å². The molecule has 2 saturated heterocycles. The number of hydrogen-bond donors (Lipinski definition) is 1. The van der Waals surface area contributed by atoms with E-state index in [4.69, 9.17) is 0 Å². The van der Waals surface area contributed by atoms with Gasteiger partial charge in [-0.05, 0) is 42.7 Å². The molecule has 0 saturated carbocycles. The Hall–Kier alpha value is -2.54. The van der Waals surface area contributed by atoms with Crippen molar-refractivity contribution in [3.63, 3.8) is 0 Å². The van der Waals surface area contributed by atoms with Crippen molar-refractivity contribution in [3.8, 4) is 0 Å². The summed E-state index contributed by atoms with van der Waals surface area (Å²) in [7, 11) is 0. The molecule has 7 heteroatoms. The number of carbonyl (C=O) groups is 2.